The molecule has 0 radical (unpaired) electrons. The molecule has 0 unspecified atom stereocenters. The minimum Gasteiger partial charge on any atom is -0.365 e. The van der Waals surface area contributed by atoms with Gasteiger partial charge in [-0.2, -0.15) is 0 Å². The third kappa shape index (κ3) is 1.87. The Morgan fingerprint density at radius 1 is 1.29 bits per heavy atom. The number of anilines is 1. The number of nitrogens with one attached hydrogen (secondary N) is 1. The number of hydrogen-bond donors (Lipinski definition) is 1. The standard InChI is InChI=1S/C11H14N2S/c1-11(2,3)13-10-8-5-7-14-9(8)4-6-12-10/h4-7H,1-3H3,(H,12,13). The van der Waals surface area contributed by atoms with Crippen LogP contribution in [0.25, 0.3) is 10.1 Å². The van der Waals surface area contributed by atoms with Gasteiger partial charge in [0.2, 0.25) is 0 Å². The normalized spacial score (nSPS) is 11.9. The maximum atomic E-state index is 4.36. The first-order valence-corrected chi connectivity index (χ1v) is 5.55. The van der Waals surface area contributed by atoms with Crippen molar-refractivity contribution in [3.63, 3.8) is 0 Å². The molecule has 0 bridgehead atoms. The van der Waals surface area contributed by atoms with Crippen LogP contribution in [0.5, 0.6) is 0 Å². The summed E-state index contributed by atoms with van der Waals surface area (Å²) >= 11 is 1.75. The van der Waals surface area contributed by atoms with Crippen LogP contribution >= 0.6 is 11.3 Å². The number of pyridine rings is 1. The van der Waals surface area contributed by atoms with E-state index in [-0.39, 0.29) is 5.54 Å². The fourth-order valence-electron chi connectivity index (χ4n) is 1.35. The molecular formula is C11H14N2S. The zero-order valence-electron chi connectivity index (χ0n) is 8.66. The number of nitrogens with zero attached hydrogens (tertiary/aromatic N) is 1. The van der Waals surface area contributed by atoms with Gasteiger partial charge in [0.05, 0.1) is 0 Å². The average molecular weight is 206 g/mol. The Bertz CT molecular complexity index is 440. The molecule has 2 heterocycles. The van der Waals surface area contributed by atoms with E-state index in [0.717, 1.165) is 5.82 Å². The second-order valence-electron chi connectivity index (χ2n) is 4.37. The summed E-state index contributed by atoms with van der Waals surface area (Å²) in [5, 5.41) is 6.72. The van der Waals surface area contributed by atoms with Crippen molar-refractivity contribution in [2.24, 2.45) is 0 Å². The van der Waals surface area contributed by atoms with Gasteiger partial charge in [0.1, 0.15) is 5.82 Å². The Kier molecular flexibility index (Phi) is 2.19. The Balaban J connectivity index is 2.46. The first-order valence-electron chi connectivity index (χ1n) is 4.67. The second-order valence-corrected chi connectivity index (χ2v) is 5.31. The molecule has 0 aliphatic heterocycles. The Hall–Kier alpha value is -1.09. The van der Waals surface area contributed by atoms with Crippen LogP contribution in [-0.2, 0) is 0 Å². The molecule has 74 valence electrons. The third-order valence-corrected chi connectivity index (χ3v) is 2.76. The highest BCUT2D eigenvalue weighted by atomic mass is 32.1. The van der Waals surface area contributed by atoms with Crippen LogP contribution in [0, 0.1) is 0 Å². The smallest absolute Gasteiger partial charge is 0.135 e. The zero-order chi connectivity index (χ0) is 10.2. The Morgan fingerprint density at radius 3 is 2.79 bits per heavy atom. The molecule has 0 aliphatic rings. The van der Waals surface area contributed by atoms with Gasteiger partial charge in [-0.05, 0) is 38.3 Å². The third-order valence-electron chi connectivity index (χ3n) is 1.87. The molecule has 0 fully saturated rings. The van der Waals surface area contributed by atoms with Crippen LogP contribution in [0.3, 0.4) is 0 Å². The van der Waals surface area contributed by atoms with E-state index < -0.39 is 0 Å². The lowest BCUT2D eigenvalue weighted by molar-refractivity contribution is 0.631. The number of aromatic nitrogens is 1. The first kappa shape index (κ1) is 9.46. The first-order chi connectivity index (χ1) is 6.56. The fraction of sp³-hybridized carbons (Fsp3) is 0.364. The summed E-state index contributed by atoms with van der Waals surface area (Å²) in [4.78, 5) is 4.36. The van der Waals surface area contributed by atoms with Gasteiger partial charge in [0.25, 0.3) is 0 Å². The number of thiophene rings is 1. The minimum atomic E-state index is 0.0588. The molecule has 1 N–H and O–H groups in total. The molecule has 2 rings (SSSR count). The lowest BCUT2D eigenvalue weighted by Gasteiger charge is -2.21. The van der Waals surface area contributed by atoms with Crippen molar-refractivity contribution in [3.8, 4) is 0 Å². The van der Waals surface area contributed by atoms with Crippen LogP contribution in [0.15, 0.2) is 23.7 Å². The summed E-state index contributed by atoms with van der Waals surface area (Å²) in [7, 11) is 0. The minimum absolute atomic E-state index is 0.0588. The van der Waals surface area contributed by atoms with Crippen LogP contribution < -0.4 is 5.32 Å². The zero-order valence-corrected chi connectivity index (χ0v) is 9.48. The van der Waals surface area contributed by atoms with E-state index in [1.807, 2.05) is 12.3 Å². The van der Waals surface area contributed by atoms with Crippen molar-refractivity contribution < 1.29 is 0 Å². The van der Waals surface area contributed by atoms with E-state index in [1.165, 1.54) is 10.1 Å². The molecule has 0 amide bonds. The summed E-state index contributed by atoms with van der Waals surface area (Å²) < 4.78 is 1.28. The van der Waals surface area contributed by atoms with Crippen molar-refractivity contribution in [3.05, 3.63) is 23.7 Å². The van der Waals surface area contributed by atoms with Gasteiger partial charge in [-0.1, -0.05) is 0 Å². The molecule has 2 aromatic heterocycles. The Morgan fingerprint density at radius 2 is 2.07 bits per heavy atom. The molecule has 0 atom stereocenters. The quantitative estimate of drug-likeness (QED) is 0.772. The van der Waals surface area contributed by atoms with Crippen molar-refractivity contribution >= 4 is 27.2 Å². The summed E-state index contributed by atoms with van der Waals surface area (Å²) in [5.74, 6) is 0.983. The topological polar surface area (TPSA) is 24.9 Å². The maximum absolute atomic E-state index is 4.36. The van der Waals surface area contributed by atoms with E-state index in [9.17, 15) is 0 Å². The highest BCUT2D eigenvalue weighted by molar-refractivity contribution is 7.17. The van der Waals surface area contributed by atoms with Gasteiger partial charge in [-0.3, -0.25) is 0 Å². The van der Waals surface area contributed by atoms with Crippen LogP contribution in [-0.4, -0.2) is 10.5 Å². The molecule has 0 saturated carbocycles. The molecule has 2 aromatic rings. The predicted octanol–water partition coefficient (Wildman–Crippen LogP) is 3.51. The van der Waals surface area contributed by atoms with E-state index in [2.05, 4.69) is 42.5 Å². The van der Waals surface area contributed by atoms with E-state index in [4.69, 9.17) is 0 Å². The van der Waals surface area contributed by atoms with E-state index >= 15 is 0 Å². The molecule has 0 saturated heterocycles. The Labute approximate surface area is 88.0 Å². The maximum Gasteiger partial charge on any atom is 0.135 e. The average Bonchev–Trinajstić information content (AvgIpc) is 2.49. The molecule has 0 spiro atoms. The largest absolute Gasteiger partial charge is 0.365 e. The van der Waals surface area contributed by atoms with Gasteiger partial charge in [0.15, 0.2) is 0 Å². The highest BCUT2D eigenvalue weighted by Gasteiger charge is 2.12. The lowest BCUT2D eigenvalue weighted by Crippen LogP contribution is -2.26. The van der Waals surface area contributed by atoms with E-state index in [0.29, 0.717) is 0 Å². The number of fused-ring (bicyclic) bond motifs is 1. The molecule has 0 aromatic carbocycles. The molecule has 14 heavy (non-hydrogen) atoms. The fourth-order valence-corrected chi connectivity index (χ4v) is 2.13. The van der Waals surface area contributed by atoms with Gasteiger partial charge >= 0.3 is 0 Å². The summed E-state index contributed by atoms with van der Waals surface area (Å²) in [6.45, 7) is 6.42. The predicted molar refractivity (Wildman–Crippen MR) is 63.0 cm³/mol. The SMILES string of the molecule is CC(C)(C)Nc1nccc2sccc12. The van der Waals surface area contributed by atoms with Crippen molar-refractivity contribution in [2.45, 2.75) is 26.3 Å². The lowest BCUT2D eigenvalue weighted by atomic mass is 10.1. The summed E-state index contributed by atoms with van der Waals surface area (Å²) in [6.07, 6.45) is 1.85. The highest BCUT2D eigenvalue weighted by Crippen LogP contribution is 2.27. The van der Waals surface area contributed by atoms with Crippen LogP contribution in [0.4, 0.5) is 5.82 Å². The second kappa shape index (κ2) is 3.24. The van der Waals surface area contributed by atoms with Crippen LogP contribution in [0.2, 0.25) is 0 Å². The van der Waals surface area contributed by atoms with Crippen molar-refractivity contribution in [1.29, 1.82) is 0 Å². The molecule has 0 aliphatic carbocycles. The number of hydrogen-bond acceptors (Lipinski definition) is 3. The van der Waals surface area contributed by atoms with Gasteiger partial charge in [-0.15, -0.1) is 11.3 Å². The van der Waals surface area contributed by atoms with Crippen molar-refractivity contribution in [2.75, 3.05) is 5.32 Å². The summed E-state index contributed by atoms with van der Waals surface area (Å²) in [6, 6.07) is 4.16. The molecule has 2 nitrogen and oxygen atoms in total. The van der Waals surface area contributed by atoms with Gasteiger partial charge in [-0.25, -0.2) is 4.98 Å². The molecular weight excluding hydrogens is 192 g/mol. The van der Waals surface area contributed by atoms with Gasteiger partial charge < -0.3 is 5.32 Å². The monoisotopic (exact) mass is 206 g/mol. The van der Waals surface area contributed by atoms with Crippen LogP contribution in [0.1, 0.15) is 20.8 Å². The van der Waals surface area contributed by atoms with Crippen molar-refractivity contribution in [1.82, 2.24) is 4.98 Å². The summed E-state index contributed by atoms with van der Waals surface area (Å²) in [5.41, 5.74) is 0.0588. The number of rotatable bonds is 1. The molecule has 3 heteroatoms. The van der Waals surface area contributed by atoms with Gasteiger partial charge in [0, 0.05) is 21.8 Å². The van der Waals surface area contributed by atoms with E-state index in [1.54, 1.807) is 11.3 Å².